The minimum Gasteiger partial charge on any atom is -0.191 e. The minimum atomic E-state index is -5.53. The second-order valence-corrected chi connectivity index (χ2v) is 2.44. The van der Waals surface area contributed by atoms with E-state index >= 15 is 0 Å². The Morgan fingerprint density at radius 3 is 1.62 bits per heavy atom. The summed E-state index contributed by atoms with van der Waals surface area (Å²) in [5.41, 5.74) is -1.04. The fourth-order valence-electron chi connectivity index (χ4n) is 0.811. The molecule has 1 aromatic carbocycles. The first kappa shape index (κ1) is 9.95. The molecule has 0 saturated carbocycles. The first-order valence-corrected chi connectivity index (χ1v) is 3.36. The lowest BCUT2D eigenvalue weighted by Crippen LogP contribution is -2.33. The van der Waals surface area contributed by atoms with Gasteiger partial charge in [-0.2, -0.15) is 22.0 Å². The standard InChI is InChI=1S/C8H5F5/c9-7(10,8(11,12)13)6-4-2-1-3-5-6/h1-5H. The van der Waals surface area contributed by atoms with Crippen LogP contribution in [0.5, 0.6) is 0 Å². The van der Waals surface area contributed by atoms with Crippen LogP contribution in [0.3, 0.4) is 0 Å². The van der Waals surface area contributed by atoms with E-state index in [-0.39, 0.29) is 0 Å². The summed E-state index contributed by atoms with van der Waals surface area (Å²) >= 11 is 0. The van der Waals surface area contributed by atoms with Gasteiger partial charge in [0.25, 0.3) is 0 Å². The van der Waals surface area contributed by atoms with Gasteiger partial charge < -0.3 is 0 Å². The maximum absolute atomic E-state index is 12.5. The Morgan fingerprint density at radius 2 is 1.23 bits per heavy atom. The molecule has 0 aliphatic heterocycles. The quantitative estimate of drug-likeness (QED) is 0.604. The molecule has 0 saturated heterocycles. The van der Waals surface area contributed by atoms with E-state index in [2.05, 4.69) is 0 Å². The largest absolute Gasteiger partial charge is 0.458 e. The van der Waals surface area contributed by atoms with Crippen LogP contribution in [0.4, 0.5) is 22.0 Å². The SMILES string of the molecule is FC(F)(F)C(F)(F)c1ccccc1. The summed E-state index contributed by atoms with van der Waals surface area (Å²) in [6.45, 7) is 0. The van der Waals surface area contributed by atoms with Crippen molar-refractivity contribution in [3.05, 3.63) is 35.9 Å². The van der Waals surface area contributed by atoms with Crippen LogP contribution in [0.15, 0.2) is 30.3 Å². The molecule has 0 unspecified atom stereocenters. The lowest BCUT2D eigenvalue weighted by atomic mass is 10.1. The molecule has 5 heteroatoms. The van der Waals surface area contributed by atoms with Crippen molar-refractivity contribution >= 4 is 0 Å². The highest BCUT2D eigenvalue weighted by Gasteiger charge is 2.58. The molecule has 0 spiro atoms. The molecule has 0 aromatic heterocycles. The van der Waals surface area contributed by atoms with Crippen LogP contribution in [0.25, 0.3) is 0 Å². The van der Waals surface area contributed by atoms with Gasteiger partial charge in [-0.1, -0.05) is 30.3 Å². The summed E-state index contributed by atoms with van der Waals surface area (Å²) in [5.74, 6) is -4.77. The van der Waals surface area contributed by atoms with E-state index in [0.29, 0.717) is 0 Å². The van der Waals surface area contributed by atoms with Crippen molar-refractivity contribution in [3.8, 4) is 0 Å². The van der Waals surface area contributed by atoms with Crippen molar-refractivity contribution in [1.29, 1.82) is 0 Å². The fraction of sp³-hybridized carbons (Fsp3) is 0.250. The lowest BCUT2D eigenvalue weighted by molar-refractivity contribution is -0.289. The molecule has 0 nitrogen and oxygen atoms in total. The van der Waals surface area contributed by atoms with Crippen molar-refractivity contribution < 1.29 is 22.0 Å². The van der Waals surface area contributed by atoms with Crippen molar-refractivity contribution in [2.45, 2.75) is 12.1 Å². The molecule has 1 aromatic rings. The third-order valence-electron chi connectivity index (χ3n) is 1.49. The minimum absolute atomic E-state index is 0.744. The molecular formula is C8H5F5. The predicted octanol–water partition coefficient (Wildman–Crippen LogP) is 3.34. The van der Waals surface area contributed by atoms with Crippen LogP contribution >= 0.6 is 0 Å². The highest BCUT2D eigenvalue weighted by molar-refractivity contribution is 5.21. The fourth-order valence-corrected chi connectivity index (χ4v) is 0.811. The normalized spacial score (nSPS) is 13.0. The molecule has 0 atom stereocenters. The van der Waals surface area contributed by atoms with Gasteiger partial charge in [0.1, 0.15) is 0 Å². The molecule has 1 rings (SSSR count). The van der Waals surface area contributed by atoms with Gasteiger partial charge in [0.2, 0.25) is 0 Å². The number of benzene rings is 1. The van der Waals surface area contributed by atoms with Gasteiger partial charge in [-0.05, 0) is 0 Å². The van der Waals surface area contributed by atoms with E-state index in [4.69, 9.17) is 0 Å². The zero-order chi connectivity index (χ0) is 10.1. The van der Waals surface area contributed by atoms with E-state index in [1.807, 2.05) is 0 Å². The number of halogens is 5. The highest BCUT2D eigenvalue weighted by Crippen LogP contribution is 2.43. The van der Waals surface area contributed by atoms with Gasteiger partial charge >= 0.3 is 12.1 Å². The predicted molar refractivity (Wildman–Crippen MR) is 36.4 cm³/mol. The average molecular weight is 196 g/mol. The molecule has 0 aliphatic carbocycles. The van der Waals surface area contributed by atoms with Crippen LogP contribution in [-0.2, 0) is 5.92 Å². The highest BCUT2D eigenvalue weighted by atomic mass is 19.4. The Morgan fingerprint density at radius 1 is 0.769 bits per heavy atom. The third kappa shape index (κ3) is 1.79. The van der Waals surface area contributed by atoms with Gasteiger partial charge in [0.15, 0.2) is 0 Å². The Hall–Kier alpha value is -1.13. The molecule has 72 valence electrons. The Kier molecular flexibility index (Phi) is 2.28. The summed E-state index contributed by atoms with van der Waals surface area (Å²) in [7, 11) is 0. The van der Waals surface area contributed by atoms with Crippen LogP contribution in [0.2, 0.25) is 0 Å². The monoisotopic (exact) mass is 196 g/mol. The van der Waals surface area contributed by atoms with E-state index in [0.717, 1.165) is 24.3 Å². The van der Waals surface area contributed by atoms with Crippen molar-refractivity contribution in [1.82, 2.24) is 0 Å². The van der Waals surface area contributed by atoms with Crippen LogP contribution < -0.4 is 0 Å². The zero-order valence-corrected chi connectivity index (χ0v) is 6.28. The van der Waals surface area contributed by atoms with Crippen molar-refractivity contribution in [2.75, 3.05) is 0 Å². The number of alkyl halides is 5. The summed E-state index contributed by atoms with van der Waals surface area (Å²) in [6, 6.07) is 5.13. The van der Waals surface area contributed by atoms with Crippen molar-refractivity contribution in [3.63, 3.8) is 0 Å². The number of rotatable bonds is 1. The van der Waals surface area contributed by atoms with E-state index < -0.39 is 17.7 Å². The summed E-state index contributed by atoms with van der Waals surface area (Å²) in [4.78, 5) is 0. The maximum Gasteiger partial charge on any atom is 0.458 e. The van der Waals surface area contributed by atoms with Crippen LogP contribution in [0, 0.1) is 0 Å². The van der Waals surface area contributed by atoms with Crippen molar-refractivity contribution in [2.24, 2.45) is 0 Å². The van der Waals surface area contributed by atoms with E-state index in [1.165, 1.54) is 6.07 Å². The van der Waals surface area contributed by atoms with Crippen LogP contribution in [-0.4, -0.2) is 6.18 Å². The first-order chi connectivity index (χ1) is 5.86. The molecule has 0 N–H and O–H groups in total. The van der Waals surface area contributed by atoms with Gasteiger partial charge in [0.05, 0.1) is 0 Å². The molecule has 0 radical (unpaired) electrons. The Labute approximate surface area is 71.0 Å². The topological polar surface area (TPSA) is 0 Å². The molecule has 0 heterocycles. The van der Waals surface area contributed by atoms with Gasteiger partial charge in [0, 0.05) is 5.56 Å². The number of hydrogen-bond acceptors (Lipinski definition) is 0. The molecule has 0 bridgehead atoms. The molecule has 0 aliphatic rings. The maximum atomic E-state index is 12.5. The van der Waals surface area contributed by atoms with Gasteiger partial charge in [-0.15, -0.1) is 0 Å². The van der Waals surface area contributed by atoms with Gasteiger partial charge in [-0.25, -0.2) is 0 Å². The van der Waals surface area contributed by atoms with E-state index in [1.54, 1.807) is 0 Å². The molecule has 13 heavy (non-hydrogen) atoms. The zero-order valence-electron chi connectivity index (χ0n) is 6.28. The smallest absolute Gasteiger partial charge is 0.191 e. The van der Waals surface area contributed by atoms with Crippen LogP contribution in [0.1, 0.15) is 5.56 Å². The Bertz CT molecular complexity index is 274. The van der Waals surface area contributed by atoms with E-state index in [9.17, 15) is 22.0 Å². The molecule has 0 fully saturated rings. The molecule has 0 amide bonds. The third-order valence-corrected chi connectivity index (χ3v) is 1.49. The molecular weight excluding hydrogens is 191 g/mol. The second kappa shape index (κ2) is 2.97. The Balaban J connectivity index is 3.08. The summed E-state index contributed by atoms with van der Waals surface area (Å²) in [6.07, 6.45) is -5.53. The number of hydrogen-bond donors (Lipinski definition) is 0. The van der Waals surface area contributed by atoms with Gasteiger partial charge in [-0.3, -0.25) is 0 Å². The summed E-state index contributed by atoms with van der Waals surface area (Å²) in [5, 5.41) is 0. The lowest BCUT2D eigenvalue weighted by Gasteiger charge is -2.19. The average Bonchev–Trinajstić information content (AvgIpc) is 2.04. The second-order valence-electron chi connectivity index (χ2n) is 2.44. The first-order valence-electron chi connectivity index (χ1n) is 3.36. The summed E-state index contributed by atoms with van der Waals surface area (Å²) < 4.78 is 60.4.